The Morgan fingerprint density at radius 3 is 2.94 bits per heavy atom. The molecule has 1 N–H and O–H groups in total. The SMILES string of the molecule is O/N=C1/CCc2cc(OCCC3CC3)ccc21. The summed E-state index contributed by atoms with van der Waals surface area (Å²) in [5.74, 6) is 1.86. The first-order chi connectivity index (χ1) is 8.36. The largest absolute Gasteiger partial charge is 0.494 e. The summed E-state index contributed by atoms with van der Waals surface area (Å²) in [5, 5.41) is 12.2. The van der Waals surface area contributed by atoms with E-state index < -0.39 is 0 Å². The second kappa shape index (κ2) is 4.40. The van der Waals surface area contributed by atoms with Crippen LogP contribution in [-0.4, -0.2) is 17.5 Å². The summed E-state index contributed by atoms with van der Waals surface area (Å²) in [4.78, 5) is 0. The molecule has 1 fully saturated rings. The molecule has 0 spiro atoms. The zero-order valence-corrected chi connectivity index (χ0v) is 9.85. The van der Waals surface area contributed by atoms with Crippen molar-refractivity contribution < 1.29 is 9.94 Å². The molecule has 3 rings (SSSR count). The summed E-state index contributed by atoms with van der Waals surface area (Å²) in [6, 6.07) is 6.06. The Bertz CT molecular complexity index is 450. The molecular weight excluding hydrogens is 214 g/mol. The molecule has 17 heavy (non-hydrogen) atoms. The van der Waals surface area contributed by atoms with Gasteiger partial charge in [-0.25, -0.2) is 0 Å². The van der Waals surface area contributed by atoms with Gasteiger partial charge in [0, 0.05) is 5.56 Å². The predicted octanol–water partition coefficient (Wildman–Crippen LogP) is 2.99. The van der Waals surface area contributed by atoms with Crippen LogP contribution in [0.15, 0.2) is 23.4 Å². The lowest BCUT2D eigenvalue weighted by molar-refractivity contribution is 0.302. The molecule has 3 nitrogen and oxygen atoms in total. The van der Waals surface area contributed by atoms with Crippen molar-refractivity contribution in [1.82, 2.24) is 0 Å². The maximum atomic E-state index is 8.85. The normalized spacial score (nSPS) is 20.6. The van der Waals surface area contributed by atoms with Crippen molar-refractivity contribution in [3.05, 3.63) is 29.3 Å². The van der Waals surface area contributed by atoms with Crippen LogP contribution in [0.25, 0.3) is 0 Å². The molecule has 3 heteroatoms. The van der Waals surface area contributed by atoms with Crippen LogP contribution in [0, 0.1) is 5.92 Å². The van der Waals surface area contributed by atoms with E-state index >= 15 is 0 Å². The molecule has 0 aliphatic heterocycles. The summed E-state index contributed by atoms with van der Waals surface area (Å²) >= 11 is 0. The van der Waals surface area contributed by atoms with Crippen molar-refractivity contribution in [3.63, 3.8) is 0 Å². The lowest BCUT2D eigenvalue weighted by Gasteiger charge is -2.07. The minimum absolute atomic E-state index is 0.796. The number of benzene rings is 1. The van der Waals surface area contributed by atoms with Crippen LogP contribution in [0.5, 0.6) is 5.75 Å². The lowest BCUT2D eigenvalue weighted by Crippen LogP contribution is -1.99. The van der Waals surface area contributed by atoms with Crippen LogP contribution >= 0.6 is 0 Å². The van der Waals surface area contributed by atoms with Gasteiger partial charge in [-0.1, -0.05) is 18.0 Å². The molecule has 0 amide bonds. The van der Waals surface area contributed by atoms with Crippen molar-refractivity contribution >= 4 is 5.71 Å². The topological polar surface area (TPSA) is 41.8 Å². The van der Waals surface area contributed by atoms with Gasteiger partial charge in [0.15, 0.2) is 0 Å². The summed E-state index contributed by atoms with van der Waals surface area (Å²) in [7, 11) is 0. The maximum Gasteiger partial charge on any atom is 0.119 e. The van der Waals surface area contributed by atoms with Crippen LogP contribution in [0.1, 0.15) is 36.8 Å². The van der Waals surface area contributed by atoms with Crippen molar-refractivity contribution in [2.24, 2.45) is 11.1 Å². The average molecular weight is 231 g/mol. The second-order valence-corrected chi connectivity index (χ2v) is 4.95. The second-order valence-electron chi connectivity index (χ2n) is 4.95. The number of hydrogen-bond donors (Lipinski definition) is 1. The highest BCUT2D eigenvalue weighted by Crippen LogP contribution is 2.32. The van der Waals surface area contributed by atoms with Gasteiger partial charge in [0.25, 0.3) is 0 Å². The van der Waals surface area contributed by atoms with Crippen LogP contribution in [0.3, 0.4) is 0 Å². The van der Waals surface area contributed by atoms with Gasteiger partial charge in [0.1, 0.15) is 5.75 Å². The summed E-state index contributed by atoms with van der Waals surface area (Å²) in [6.45, 7) is 0.824. The number of fused-ring (bicyclic) bond motifs is 1. The fraction of sp³-hybridized carbons (Fsp3) is 0.500. The Kier molecular flexibility index (Phi) is 2.75. The van der Waals surface area contributed by atoms with Gasteiger partial charge in [-0.2, -0.15) is 0 Å². The third-order valence-corrected chi connectivity index (χ3v) is 3.63. The first kappa shape index (κ1) is 10.6. The fourth-order valence-corrected chi connectivity index (χ4v) is 2.39. The number of oxime groups is 1. The van der Waals surface area contributed by atoms with E-state index in [0.717, 1.165) is 42.4 Å². The van der Waals surface area contributed by atoms with Crippen LogP contribution < -0.4 is 4.74 Å². The molecule has 0 bridgehead atoms. The molecule has 1 saturated carbocycles. The zero-order chi connectivity index (χ0) is 11.7. The molecule has 0 unspecified atom stereocenters. The summed E-state index contributed by atoms with van der Waals surface area (Å²) in [6.07, 6.45) is 5.72. The molecule has 90 valence electrons. The van der Waals surface area contributed by atoms with E-state index in [4.69, 9.17) is 9.94 Å². The van der Waals surface area contributed by atoms with Gasteiger partial charge < -0.3 is 9.94 Å². The number of ether oxygens (including phenoxy) is 1. The number of aryl methyl sites for hydroxylation is 1. The van der Waals surface area contributed by atoms with Gasteiger partial charge in [-0.05, 0) is 48.9 Å². The van der Waals surface area contributed by atoms with Crippen LogP contribution in [-0.2, 0) is 6.42 Å². The van der Waals surface area contributed by atoms with Gasteiger partial charge in [0.2, 0.25) is 0 Å². The van der Waals surface area contributed by atoms with Crippen molar-refractivity contribution in [1.29, 1.82) is 0 Å². The standard InChI is InChI=1S/C14H17NO2/c16-15-14-6-3-11-9-12(4-5-13(11)14)17-8-7-10-1-2-10/h4-5,9-10,16H,1-3,6-8H2/b15-14-. The quantitative estimate of drug-likeness (QED) is 0.639. The van der Waals surface area contributed by atoms with Crippen molar-refractivity contribution in [2.75, 3.05) is 6.61 Å². The Hall–Kier alpha value is -1.51. The summed E-state index contributed by atoms with van der Waals surface area (Å²) in [5.41, 5.74) is 3.10. The minimum Gasteiger partial charge on any atom is -0.494 e. The Morgan fingerprint density at radius 1 is 1.29 bits per heavy atom. The molecule has 0 aromatic heterocycles. The Labute approximate surface area is 101 Å². The van der Waals surface area contributed by atoms with E-state index in [1.54, 1.807) is 0 Å². The van der Waals surface area contributed by atoms with Gasteiger partial charge in [0.05, 0.1) is 12.3 Å². The van der Waals surface area contributed by atoms with Gasteiger partial charge in [-0.3, -0.25) is 0 Å². The summed E-state index contributed by atoms with van der Waals surface area (Å²) < 4.78 is 5.75. The highest BCUT2D eigenvalue weighted by molar-refractivity contribution is 6.04. The number of rotatable bonds is 4. The highest BCUT2D eigenvalue weighted by atomic mass is 16.5. The molecule has 2 aliphatic carbocycles. The van der Waals surface area contributed by atoms with E-state index in [9.17, 15) is 0 Å². The Balaban J connectivity index is 1.66. The maximum absolute atomic E-state index is 8.85. The highest BCUT2D eigenvalue weighted by Gasteiger charge is 2.21. The number of nitrogens with zero attached hydrogens (tertiary/aromatic N) is 1. The van der Waals surface area contributed by atoms with Crippen molar-refractivity contribution in [3.8, 4) is 5.75 Å². The minimum atomic E-state index is 0.796. The molecule has 1 aromatic rings. The Morgan fingerprint density at radius 2 is 2.18 bits per heavy atom. The van der Waals surface area contributed by atoms with E-state index in [2.05, 4.69) is 11.2 Å². The smallest absolute Gasteiger partial charge is 0.119 e. The molecule has 1 aromatic carbocycles. The van der Waals surface area contributed by atoms with Crippen molar-refractivity contribution in [2.45, 2.75) is 32.1 Å². The predicted molar refractivity (Wildman–Crippen MR) is 65.9 cm³/mol. The van der Waals surface area contributed by atoms with Gasteiger partial charge in [-0.15, -0.1) is 0 Å². The van der Waals surface area contributed by atoms with E-state index in [0.29, 0.717) is 0 Å². The van der Waals surface area contributed by atoms with E-state index in [1.165, 1.54) is 24.8 Å². The zero-order valence-electron chi connectivity index (χ0n) is 9.85. The van der Waals surface area contributed by atoms with Crippen LogP contribution in [0.2, 0.25) is 0 Å². The van der Waals surface area contributed by atoms with E-state index in [1.807, 2.05) is 12.1 Å². The monoisotopic (exact) mass is 231 g/mol. The molecule has 0 atom stereocenters. The first-order valence-electron chi connectivity index (χ1n) is 6.34. The fourth-order valence-electron chi connectivity index (χ4n) is 2.39. The number of hydrogen-bond acceptors (Lipinski definition) is 3. The lowest BCUT2D eigenvalue weighted by atomic mass is 10.1. The van der Waals surface area contributed by atoms with Gasteiger partial charge >= 0.3 is 0 Å². The first-order valence-corrected chi connectivity index (χ1v) is 6.34. The molecule has 0 saturated heterocycles. The molecule has 2 aliphatic rings. The van der Waals surface area contributed by atoms with E-state index in [-0.39, 0.29) is 0 Å². The van der Waals surface area contributed by atoms with Crippen LogP contribution in [0.4, 0.5) is 0 Å². The third-order valence-electron chi connectivity index (χ3n) is 3.63. The average Bonchev–Trinajstić information content (AvgIpc) is 3.08. The third kappa shape index (κ3) is 2.28. The molecule has 0 radical (unpaired) electrons. The molecular formula is C14H17NO2. The molecule has 0 heterocycles.